The number of nitriles is 1. The molecule has 3 rings (SSSR count). The van der Waals surface area contributed by atoms with E-state index in [1.807, 2.05) is 18.8 Å². The second-order valence-electron chi connectivity index (χ2n) is 6.41. The number of nitrogens with zero attached hydrogens (tertiary/aromatic N) is 5. The Morgan fingerprint density at radius 1 is 1.26 bits per heavy atom. The van der Waals surface area contributed by atoms with E-state index in [4.69, 9.17) is 33.2 Å². The summed E-state index contributed by atoms with van der Waals surface area (Å²) in [6.07, 6.45) is 2.77. The monoisotopic (exact) mass is 462 g/mol. The number of nitrogens with one attached hydrogen (secondary N) is 1. The minimum Gasteiger partial charge on any atom is -0.504 e. The van der Waals surface area contributed by atoms with E-state index < -0.39 is 16.9 Å². The Morgan fingerprint density at radius 2 is 1.90 bits per heavy atom. The number of aromatic nitrogens is 5. The number of ether oxygens (including phenoxy) is 1. The standard InChI is InChI=1S/C19H16Cl2N6O4/c1-3-9(4-2)15-14(28)8-23-18(24-15)31-16-11(20)5-10(6-12(16)21)27-19(30)25-17(29)13(7-22)26-27/h5-6,8-9,28H,3-4H2,1-2H3,(H,25,29,30). The first-order chi connectivity index (χ1) is 14.8. The minimum absolute atomic E-state index is 0.00154. The highest BCUT2D eigenvalue weighted by Gasteiger charge is 2.19. The molecule has 0 unspecified atom stereocenters. The van der Waals surface area contributed by atoms with Crippen LogP contribution in [0.15, 0.2) is 27.9 Å². The summed E-state index contributed by atoms with van der Waals surface area (Å²) >= 11 is 12.6. The van der Waals surface area contributed by atoms with E-state index in [2.05, 4.69) is 15.1 Å². The summed E-state index contributed by atoms with van der Waals surface area (Å²) < 4.78 is 6.43. The molecule has 0 radical (unpaired) electrons. The van der Waals surface area contributed by atoms with Crippen molar-refractivity contribution in [3.05, 3.63) is 60.6 Å². The summed E-state index contributed by atoms with van der Waals surface area (Å²) in [4.78, 5) is 33.8. The third-order valence-corrected chi connectivity index (χ3v) is 5.06. The molecule has 0 saturated heterocycles. The van der Waals surface area contributed by atoms with E-state index in [-0.39, 0.29) is 39.2 Å². The molecule has 0 aliphatic heterocycles. The summed E-state index contributed by atoms with van der Waals surface area (Å²) in [5.74, 6) is 0.00263. The van der Waals surface area contributed by atoms with Crippen molar-refractivity contribution < 1.29 is 9.84 Å². The lowest BCUT2D eigenvalue weighted by Crippen LogP contribution is -2.33. The lowest BCUT2D eigenvalue weighted by atomic mass is 9.99. The summed E-state index contributed by atoms with van der Waals surface area (Å²) in [5, 5.41) is 22.7. The molecule has 12 heteroatoms. The van der Waals surface area contributed by atoms with Crippen LogP contribution in [0.4, 0.5) is 0 Å². The zero-order chi connectivity index (χ0) is 22.7. The number of H-pyrrole nitrogens is 1. The van der Waals surface area contributed by atoms with Gasteiger partial charge in [-0.05, 0) is 25.0 Å². The Bertz CT molecular complexity index is 1270. The predicted octanol–water partition coefficient (Wildman–Crippen LogP) is 3.29. The second kappa shape index (κ2) is 9.16. The first kappa shape index (κ1) is 22.3. The molecule has 31 heavy (non-hydrogen) atoms. The number of hydrogen-bond donors (Lipinski definition) is 2. The maximum atomic E-state index is 12.1. The molecule has 2 heterocycles. The molecular weight excluding hydrogens is 447 g/mol. The molecule has 0 aliphatic rings. The molecule has 2 aromatic heterocycles. The third-order valence-electron chi connectivity index (χ3n) is 4.50. The predicted molar refractivity (Wildman–Crippen MR) is 112 cm³/mol. The van der Waals surface area contributed by atoms with Crippen molar-refractivity contribution in [2.45, 2.75) is 32.6 Å². The lowest BCUT2D eigenvalue weighted by molar-refractivity contribution is 0.411. The summed E-state index contributed by atoms with van der Waals surface area (Å²) in [6, 6.07) is 4.16. The van der Waals surface area contributed by atoms with Crippen molar-refractivity contribution in [3.8, 4) is 29.3 Å². The Hall–Kier alpha value is -3.42. The van der Waals surface area contributed by atoms with Gasteiger partial charge >= 0.3 is 11.7 Å². The van der Waals surface area contributed by atoms with Gasteiger partial charge in [0.05, 0.1) is 27.6 Å². The van der Waals surface area contributed by atoms with Crippen LogP contribution in [0.5, 0.6) is 17.5 Å². The molecule has 10 nitrogen and oxygen atoms in total. The van der Waals surface area contributed by atoms with Crippen molar-refractivity contribution in [2.75, 3.05) is 0 Å². The van der Waals surface area contributed by atoms with Crippen molar-refractivity contribution in [3.63, 3.8) is 0 Å². The van der Waals surface area contributed by atoms with Crippen molar-refractivity contribution in [1.29, 1.82) is 5.26 Å². The van der Waals surface area contributed by atoms with Gasteiger partial charge < -0.3 is 9.84 Å². The van der Waals surface area contributed by atoms with Gasteiger partial charge in [0.15, 0.2) is 11.5 Å². The van der Waals surface area contributed by atoms with E-state index in [9.17, 15) is 14.7 Å². The van der Waals surface area contributed by atoms with Gasteiger partial charge in [-0.15, -0.1) is 5.10 Å². The molecule has 160 valence electrons. The van der Waals surface area contributed by atoms with Crippen LogP contribution in [0.2, 0.25) is 10.0 Å². The fraction of sp³-hybridized carbons (Fsp3) is 0.263. The Labute approximate surface area is 185 Å². The van der Waals surface area contributed by atoms with Crippen LogP contribution < -0.4 is 16.0 Å². The van der Waals surface area contributed by atoms with Gasteiger partial charge in [0, 0.05) is 5.92 Å². The maximum Gasteiger partial charge on any atom is 0.349 e. The van der Waals surface area contributed by atoms with Crippen LogP contribution in [0.3, 0.4) is 0 Å². The zero-order valence-electron chi connectivity index (χ0n) is 16.4. The highest BCUT2D eigenvalue weighted by molar-refractivity contribution is 6.37. The summed E-state index contributed by atoms with van der Waals surface area (Å²) in [6.45, 7) is 3.96. The number of aromatic hydroxyl groups is 1. The second-order valence-corrected chi connectivity index (χ2v) is 7.22. The van der Waals surface area contributed by atoms with Crippen LogP contribution in [-0.4, -0.2) is 29.8 Å². The fourth-order valence-electron chi connectivity index (χ4n) is 2.90. The van der Waals surface area contributed by atoms with Gasteiger partial charge in [-0.1, -0.05) is 37.0 Å². The highest BCUT2D eigenvalue weighted by atomic mass is 35.5. The van der Waals surface area contributed by atoms with E-state index in [0.29, 0.717) is 5.69 Å². The first-order valence-electron chi connectivity index (χ1n) is 9.15. The number of hydrogen-bond acceptors (Lipinski definition) is 8. The molecule has 1 aromatic carbocycles. The van der Waals surface area contributed by atoms with Crippen LogP contribution in [0.1, 0.15) is 44.0 Å². The largest absolute Gasteiger partial charge is 0.504 e. The number of benzene rings is 1. The van der Waals surface area contributed by atoms with Crippen molar-refractivity contribution in [1.82, 2.24) is 24.7 Å². The topological polar surface area (TPSA) is 147 Å². The van der Waals surface area contributed by atoms with Crippen LogP contribution in [0, 0.1) is 11.3 Å². The smallest absolute Gasteiger partial charge is 0.349 e. The highest BCUT2D eigenvalue weighted by Crippen LogP contribution is 2.38. The first-order valence-corrected chi connectivity index (χ1v) is 9.91. The van der Waals surface area contributed by atoms with Gasteiger partial charge in [-0.25, -0.2) is 4.79 Å². The summed E-state index contributed by atoms with van der Waals surface area (Å²) in [7, 11) is 0. The number of rotatable bonds is 6. The Morgan fingerprint density at radius 3 is 2.48 bits per heavy atom. The fourth-order valence-corrected chi connectivity index (χ4v) is 3.46. The number of halogens is 2. The van der Waals surface area contributed by atoms with E-state index >= 15 is 0 Å². The Balaban J connectivity index is 2.02. The van der Waals surface area contributed by atoms with Crippen LogP contribution in [-0.2, 0) is 0 Å². The molecule has 0 amide bonds. The molecule has 0 bridgehead atoms. The molecular formula is C19H16Cl2N6O4. The third kappa shape index (κ3) is 4.52. The molecule has 0 atom stereocenters. The van der Waals surface area contributed by atoms with Gasteiger partial charge in [-0.3, -0.25) is 9.78 Å². The molecule has 0 saturated carbocycles. The average Bonchev–Trinajstić information content (AvgIpc) is 2.73. The summed E-state index contributed by atoms with van der Waals surface area (Å²) in [5.41, 5.74) is -1.73. The maximum absolute atomic E-state index is 12.1. The normalized spacial score (nSPS) is 10.8. The molecule has 0 fully saturated rings. The Kier molecular flexibility index (Phi) is 6.58. The minimum atomic E-state index is -0.904. The van der Waals surface area contributed by atoms with Gasteiger partial charge in [0.25, 0.3) is 5.56 Å². The van der Waals surface area contributed by atoms with Crippen LogP contribution in [0.25, 0.3) is 5.69 Å². The van der Waals surface area contributed by atoms with Gasteiger partial charge in [-0.2, -0.15) is 19.9 Å². The average molecular weight is 463 g/mol. The quantitative estimate of drug-likeness (QED) is 0.566. The van der Waals surface area contributed by atoms with Gasteiger partial charge in [0.1, 0.15) is 6.07 Å². The molecule has 0 spiro atoms. The van der Waals surface area contributed by atoms with E-state index in [0.717, 1.165) is 17.5 Å². The zero-order valence-corrected chi connectivity index (χ0v) is 17.9. The molecule has 0 aliphatic carbocycles. The lowest BCUT2D eigenvalue weighted by Gasteiger charge is -2.15. The molecule has 2 N–H and O–H groups in total. The van der Waals surface area contributed by atoms with Crippen molar-refractivity contribution >= 4 is 23.2 Å². The van der Waals surface area contributed by atoms with Gasteiger partial charge in [0.2, 0.25) is 5.69 Å². The van der Waals surface area contributed by atoms with E-state index in [1.165, 1.54) is 18.3 Å². The van der Waals surface area contributed by atoms with E-state index in [1.54, 1.807) is 6.07 Å². The van der Waals surface area contributed by atoms with Crippen molar-refractivity contribution in [2.24, 2.45) is 0 Å². The SMILES string of the molecule is CCC(CC)c1nc(Oc2c(Cl)cc(-n3nc(C#N)c(=O)[nH]c3=O)cc2Cl)ncc1O. The molecule has 3 aromatic rings. The number of aromatic amines is 1. The van der Waals surface area contributed by atoms with Crippen LogP contribution >= 0.6 is 23.2 Å².